The van der Waals surface area contributed by atoms with Gasteiger partial charge in [0.2, 0.25) is 0 Å². The number of carbonyl (C=O) groups is 1. The van der Waals surface area contributed by atoms with Crippen molar-refractivity contribution in [2.24, 2.45) is 0 Å². The fourth-order valence-corrected chi connectivity index (χ4v) is 2.13. The van der Waals surface area contributed by atoms with Gasteiger partial charge in [-0.3, -0.25) is 0 Å². The molecule has 1 rings (SSSR count). The van der Waals surface area contributed by atoms with Gasteiger partial charge in [-0.2, -0.15) is 0 Å². The largest absolute Gasteiger partial charge is 0.459 e. The lowest BCUT2D eigenvalue weighted by Crippen LogP contribution is -2.30. The van der Waals surface area contributed by atoms with E-state index in [1.165, 1.54) is 6.08 Å². The SMILES string of the molecule is C=CC(=O)OC1CCC(OCC(C)OCC)CC1. The van der Waals surface area contributed by atoms with Crippen LogP contribution in [0.5, 0.6) is 0 Å². The molecule has 0 heterocycles. The third kappa shape index (κ3) is 5.65. The summed E-state index contributed by atoms with van der Waals surface area (Å²) in [6.45, 7) is 8.74. The van der Waals surface area contributed by atoms with Crippen LogP contribution in [0.3, 0.4) is 0 Å². The van der Waals surface area contributed by atoms with E-state index in [1.807, 2.05) is 13.8 Å². The maximum absolute atomic E-state index is 11.1. The first-order valence-electron chi connectivity index (χ1n) is 6.72. The smallest absolute Gasteiger partial charge is 0.330 e. The van der Waals surface area contributed by atoms with E-state index in [0.29, 0.717) is 6.61 Å². The van der Waals surface area contributed by atoms with Crippen molar-refractivity contribution in [2.75, 3.05) is 13.2 Å². The van der Waals surface area contributed by atoms with Crippen molar-refractivity contribution in [1.29, 1.82) is 0 Å². The van der Waals surface area contributed by atoms with Gasteiger partial charge in [0.1, 0.15) is 6.10 Å². The third-order valence-electron chi connectivity index (χ3n) is 3.09. The third-order valence-corrected chi connectivity index (χ3v) is 3.09. The second-order valence-electron chi connectivity index (χ2n) is 4.64. The van der Waals surface area contributed by atoms with Gasteiger partial charge >= 0.3 is 5.97 Å². The maximum atomic E-state index is 11.1. The number of ether oxygens (including phenoxy) is 3. The summed E-state index contributed by atoms with van der Waals surface area (Å²) in [6, 6.07) is 0. The summed E-state index contributed by atoms with van der Waals surface area (Å²) >= 11 is 0. The number of hydrogen-bond donors (Lipinski definition) is 0. The average molecular weight is 256 g/mol. The van der Waals surface area contributed by atoms with Crippen molar-refractivity contribution in [3.63, 3.8) is 0 Å². The molecule has 1 fully saturated rings. The summed E-state index contributed by atoms with van der Waals surface area (Å²) < 4.78 is 16.4. The van der Waals surface area contributed by atoms with Crippen LogP contribution in [0.15, 0.2) is 12.7 Å². The van der Waals surface area contributed by atoms with Crippen molar-refractivity contribution >= 4 is 5.97 Å². The quantitative estimate of drug-likeness (QED) is 0.518. The molecule has 0 radical (unpaired) electrons. The molecule has 1 atom stereocenters. The second-order valence-corrected chi connectivity index (χ2v) is 4.64. The van der Waals surface area contributed by atoms with E-state index in [4.69, 9.17) is 14.2 Å². The van der Waals surface area contributed by atoms with Gasteiger partial charge in [-0.15, -0.1) is 0 Å². The molecule has 0 aliphatic heterocycles. The second kappa shape index (κ2) is 8.27. The molecule has 0 aromatic carbocycles. The Labute approximate surface area is 109 Å². The van der Waals surface area contributed by atoms with Crippen LogP contribution in [0.25, 0.3) is 0 Å². The zero-order valence-electron chi connectivity index (χ0n) is 11.4. The molecule has 0 spiro atoms. The van der Waals surface area contributed by atoms with Crippen LogP contribution in [0.2, 0.25) is 0 Å². The Morgan fingerprint density at radius 2 is 1.94 bits per heavy atom. The summed E-state index contributed by atoms with van der Waals surface area (Å²) in [4.78, 5) is 11.1. The van der Waals surface area contributed by atoms with Crippen molar-refractivity contribution < 1.29 is 19.0 Å². The minimum Gasteiger partial charge on any atom is -0.459 e. The Hall–Kier alpha value is -0.870. The van der Waals surface area contributed by atoms with Gasteiger partial charge in [0.05, 0.1) is 18.8 Å². The van der Waals surface area contributed by atoms with Crippen LogP contribution in [0.4, 0.5) is 0 Å². The van der Waals surface area contributed by atoms with Crippen LogP contribution < -0.4 is 0 Å². The van der Waals surface area contributed by atoms with E-state index in [9.17, 15) is 4.79 Å². The molecule has 104 valence electrons. The molecule has 0 amide bonds. The van der Waals surface area contributed by atoms with Crippen molar-refractivity contribution in [2.45, 2.75) is 57.8 Å². The zero-order chi connectivity index (χ0) is 13.4. The van der Waals surface area contributed by atoms with Crippen molar-refractivity contribution in [3.05, 3.63) is 12.7 Å². The topological polar surface area (TPSA) is 44.8 Å². The van der Waals surface area contributed by atoms with E-state index in [1.54, 1.807) is 0 Å². The highest BCUT2D eigenvalue weighted by atomic mass is 16.5. The predicted molar refractivity (Wildman–Crippen MR) is 69.4 cm³/mol. The fourth-order valence-electron chi connectivity index (χ4n) is 2.13. The number of hydrogen-bond acceptors (Lipinski definition) is 4. The van der Waals surface area contributed by atoms with E-state index >= 15 is 0 Å². The molecule has 0 N–H and O–H groups in total. The first kappa shape index (κ1) is 15.2. The Bertz CT molecular complexity index is 257. The monoisotopic (exact) mass is 256 g/mol. The summed E-state index contributed by atoms with van der Waals surface area (Å²) in [7, 11) is 0. The molecule has 4 nitrogen and oxygen atoms in total. The normalized spacial score (nSPS) is 25.4. The van der Waals surface area contributed by atoms with E-state index in [0.717, 1.165) is 32.3 Å². The molecular formula is C14H24O4. The molecule has 4 heteroatoms. The lowest BCUT2D eigenvalue weighted by atomic mass is 9.95. The maximum Gasteiger partial charge on any atom is 0.330 e. The van der Waals surface area contributed by atoms with Crippen LogP contribution in [0, 0.1) is 0 Å². The Kier molecular flexibility index (Phi) is 6.98. The number of rotatable bonds is 7. The Morgan fingerprint density at radius 3 is 2.50 bits per heavy atom. The highest BCUT2D eigenvalue weighted by Crippen LogP contribution is 2.23. The van der Waals surface area contributed by atoms with Gasteiger partial charge in [0, 0.05) is 12.7 Å². The summed E-state index contributed by atoms with van der Waals surface area (Å²) in [6.07, 6.45) is 5.27. The van der Waals surface area contributed by atoms with Gasteiger partial charge in [0.15, 0.2) is 0 Å². The highest BCUT2D eigenvalue weighted by Gasteiger charge is 2.24. The molecule has 1 unspecified atom stereocenters. The van der Waals surface area contributed by atoms with Crippen molar-refractivity contribution in [3.8, 4) is 0 Å². The van der Waals surface area contributed by atoms with Crippen molar-refractivity contribution in [1.82, 2.24) is 0 Å². The minimum atomic E-state index is -0.329. The van der Waals surface area contributed by atoms with Crippen LogP contribution in [-0.2, 0) is 19.0 Å². The molecule has 18 heavy (non-hydrogen) atoms. The van der Waals surface area contributed by atoms with Gasteiger partial charge in [-0.1, -0.05) is 6.58 Å². The fraction of sp³-hybridized carbons (Fsp3) is 0.786. The first-order chi connectivity index (χ1) is 8.65. The molecule has 1 saturated carbocycles. The van der Waals surface area contributed by atoms with Crippen LogP contribution in [-0.4, -0.2) is 37.5 Å². The average Bonchev–Trinajstić information content (AvgIpc) is 2.38. The van der Waals surface area contributed by atoms with Crippen LogP contribution >= 0.6 is 0 Å². The number of carbonyl (C=O) groups excluding carboxylic acids is 1. The van der Waals surface area contributed by atoms with Gasteiger partial charge in [-0.05, 0) is 39.5 Å². The van der Waals surface area contributed by atoms with Gasteiger partial charge in [-0.25, -0.2) is 4.79 Å². The van der Waals surface area contributed by atoms with E-state index < -0.39 is 0 Å². The Morgan fingerprint density at radius 1 is 1.33 bits per heavy atom. The molecule has 1 aliphatic carbocycles. The standard InChI is InChI=1S/C14H24O4/c1-4-14(15)18-13-8-6-12(7-9-13)17-10-11(3)16-5-2/h4,11-13H,1,5-10H2,2-3H3. The Balaban J connectivity index is 2.15. The molecule has 0 bridgehead atoms. The lowest BCUT2D eigenvalue weighted by Gasteiger charge is -2.28. The zero-order valence-corrected chi connectivity index (χ0v) is 11.4. The minimum absolute atomic E-state index is 0.0275. The van der Waals surface area contributed by atoms with E-state index in [-0.39, 0.29) is 24.3 Å². The molecule has 0 aromatic rings. The molecule has 1 aliphatic rings. The van der Waals surface area contributed by atoms with Gasteiger partial charge in [0.25, 0.3) is 0 Å². The van der Waals surface area contributed by atoms with E-state index in [2.05, 4.69) is 6.58 Å². The summed E-state index contributed by atoms with van der Waals surface area (Å²) in [5.41, 5.74) is 0. The number of esters is 1. The van der Waals surface area contributed by atoms with Gasteiger partial charge < -0.3 is 14.2 Å². The molecule has 0 saturated heterocycles. The predicted octanol–water partition coefficient (Wildman–Crippen LogP) is 2.47. The summed E-state index contributed by atoms with van der Waals surface area (Å²) in [5, 5.41) is 0. The van der Waals surface area contributed by atoms with Crippen LogP contribution in [0.1, 0.15) is 39.5 Å². The molecule has 0 aromatic heterocycles. The summed E-state index contributed by atoms with van der Waals surface area (Å²) in [5.74, 6) is -0.329. The highest BCUT2D eigenvalue weighted by molar-refractivity contribution is 5.81. The molecular weight excluding hydrogens is 232 g/mol. The first-order valence-corrected chi connectivity index (χ1v) is 6.72. The lowest BCUT2D eigenvalue weighted by molar-refractivity contribution is -0.146.